The second-order valence-corrected chi connectivity index (χ2v) is 7.60. The van der Waals surface area contributed by atoms with Gasteiger partial charge in [-0.3, -0.25) is 4.98 Å². The number of phenolic OH excluding ortho intramolecular Hbond substituents is 1. The molecule has 0 unspecified atom stereocenters. The SMILES string of the molecule is CCOc1cccc2c1O[C@@H](c1ccncc1)N1N=C(c3cc(Cl)ccc3O)C[C@H]21. The first-order chi connectivity index (χ1) is 14.7. The number of hydrazone groups is 1. The van der Waals surface area contributed by atoms with Crippen molar-refractivity contribution in [2.75, 3.05) is 6.61 Å². The van der Waals surface area contributed by atoms with Gasteiger partial charge in [0.25, 0.3) is 0 Å². The van der Waals surface area contributed by atoms with Gasteiger partial charge in [0.2, 0.25) is 6.23 Å². The van der Waals surface area contributed by atoms with E-state index in [0.29, 0.717) is 29.4 Å². The lowest BCUT2D eigenvalue weighted by molar-refractivity contribution is -0.0212. The summed E-state index contributed by atoms with van der Waals surface area (Å²) in [6, 6.07) is 14.7. The smallest absolute Gasteiger partial charge is 0.214 e. The first kappa shape index (κ1) is 18.8. The van der Waals surface area contributed by atoms with E-state index in [9.17, 15) is 5.11 Å². The molecular formula is C23H20ClN3O3. The molecule has 2 aromatic carbocycles. The van der Waals surface area contributed by atoms with E-state index in [1.807, 2.05) is 42.3 Å². The van der Waals surface area contributed by atoms with Crippen LogP contribution in [0.2, 0.25) is 5.02 Å². The Balaban J connectivity index is 1.63. The van der Waals surface area contributed by atoms with Gasteiger partial charge in [0.1, 0.15) is 5.75 Å². The van der Waals surface area contributed by atoms with Crippen molar-refractivity contribution in [3.05, 3.63) is 82.6 Å². The summed E-state index contributed by atoms with van der Waals surface area (Å²) < 4.78 is 12.3. The highest BCUT2D eigenvalue weighted by atomic mass is 35.5. The van der Waals surface area contributed by atoms with Gasteiger partial charge in [0.05, 0.1) is 18.4 Å². The van der Waals surface area contributed by atoms with E-state index < -0.39 is 6.23 Å². The third-order valence-electron chi connectivity index (χ3n) is 5.34. The number of para-hydroxylation sites is 1. The molecule has 152 valence electrons. The molecule has 0 fully saturated rings. The molecule has 2 atom stereocenters. The summed E-state index contributed by atoms with van der Waals surface area (Å²) in [6.07, 6.45) is 3.65. The number of halogens is 1. The van der Waals surface area contributed by atoms with Crippen LogP contribution in [0.3, 0.4) is 0 Å². The summed E-state index contributed by atoms with van der Waals surface area (Å²) in [5.41, 5.74) is 3.34. The van der Waals surface area contributed by atoms with Crippen LogP contribution in [0.1, 0.15) is 42.3 Å². The maximum atomic E-state index is 10.4. The number of fused-ring (bicyclic) bond motifs is 3. The van der Waals surface area contributed by atoms with Crippen molar-refractivity contribution in [3.63, 3.8) is 0 Å². The van der Waals surface area contributed by atoms with Crippen molar-refractivity contribution in [1.82, 2.24) is 9.99 Å². The summed E-state index contributed by atoms with van der Waals surface area (Å²) in [7, 11) is 0. The van der Waals surface area contributed by atoms with Crippen molar-refractivity contribution in [2.24, 2.45) is 5.10 Å². The Kier molecular flexibility index (Phi) is 4.71. The van der Waals surface area contributed by atoms with Gasteiger partial charge >= 0.3 is 0 Å². The first-order valence-corrected chi connectivity index (χ1v) is 10.2. The van der Waals surface area contributed by atoms with Crippen molar-refractivity contribution in [2.45, 2.75) is 25.6 Å². The van der Waals surface area contributed by atoms with E-state index in [0.717, 1.165) is 22.6 Å². The normalized spacial score (nSPS) is 19.5. The van der Waals surface area contributed by atoms with E-state index in [1.165, 1.54) is 0 Å². The number of ether oxygens (including phenoxy) is 2. The monoisotopic (exact) mass is 421 g/mol. The summed E-state index contributed by atoms with van der Waals surface area (Å²) >= 11 is 6.18. The van der Waals surface area contributed by atoms with E-state index in [-0.39, 0.29) is 11.8 Å². The number of aromatic nitrogens is 1. The summed E-state index contributed by atoms with van der Waals surface area (Å²) in [6.45, 7) is 2.50. The molecule has 0 saturated carbocycles. The highest BCUT2D eigenvalue weighted by molar-refractivity contribution is 6.31. The summed E-state index contributed by atoms with van der Waals surface area (Å²) in [5, 5.41) is 17.8. The number of nitrogens with zero attached hydrogens (tertiary/aromatic N) is 3. The average Bonchev–Trinajstić information content (AvgIpc) is 3.21. The number of hydrogen-bond donors (Lipinski definition) is 1. The minimum absolute atomic E-state index is 0.0549. The van der Waals surface area contributed by atoms with E-state index >= 15 is 0 Å². The fourth-order valence-electron chi connectivity index (χ4n) is 4.00. The highest BCUT2D eigenvalue weighted by Gasteiger charge is 2.42. The predicted octanol–water partition coefficient (Wildman–Crippen LogP) is 5.08. The van der Waals surface area contributed by atoms with Crippen LogP contribution in [0.5, 0.6) is 17.2 Å². The topological polar surface area (TPSA) is 67.2 Å². The molecule has 2 aliphatic heterocycles. The molecule has 6 nitrogen and oxygen atoms in total. The molecule has 2 aliphatic rings. The zero-order chi connectivity index (χ0) is 20.7. The lowest BCUT2D eigenvalue weighted by Crippen LogP contribution is -2.33. The molecule has 30 heavy (non-hydrogen) atoms. The van der Waals surface area contributed by atoms with Gasteiger partial charge in [-0.1, -0.05) is 23.7 Å². The average molecular weight is 422 g/mol. The van der Waals surface area contributed by atoms with E-state index in [4.69, 9.17) is 26.2 Å². The number of hydrogen-bond acceptors (Lipinski definition) is 6. The van der Waals surface area contributed by atoms with Crippen LogP contribution in [0.25, 0.3) is 0 Å². The van der Waals surface area contributed by atoms with Gasteiger partial charge < -0.3 is 14.6 Å². The number of phenols is 1. The standard InChI is InChI=1S/C23H20ClN3O3/c1-2-29-21-5-3-4-16-19-13-18(17-12-15(24)6-7-20(17)28)26-27(19)23(30-22(16)21)14-8-10-25-11-9-14/h3-12,19,23,28H,2,13H2,1H3/t19-,23+/m1/s1. The molecule has 0 aliphatic carbocycles. The summed E-state index contributed by atoms with van der Waals surface area (Å²) in [5.74, 6) is 1.60. The third kappa shape index (κ3) is 3.13. The zero-order valence-corrected chi connectivity index (χ0v) is 17.1. The van der Waals surface area contributed by atoms with Crippen LogP contribution in [0.15, 0.2) is 66.0 Å². The van der Waals surface area contributed by atoms with Crippen molar-refractivity contribution < 1.29 is 14.6 Å². The molecule has 1 N–H and O–H groups in total. The largest absolute Gasteiger partial charge is 0.507 e. The zero-order valence-electron chi connectivity index (χ0n) is 16.3. The molecule has 7 heteroatoms. The molecule has 5 rings (SSSR count). The van der Waals surface area contributed by atoms with Crippen LogP contribution in [0, 0.1) is 0 Å². The Morgan fingerprint density at radius 1 is 1.20 bits per heavy atom. The quantitative estimate of drug-likeness (QED) is 0.636. The molecule has 3 heterocycles. The van der Waals surface area contributed by atoms with Crippen molar-refractivity contribution in [1.29, 1.82) is 0 Å². The third-order valence-corrected chi connectivity index (χ3v) is 5.58. The molecule has 0 spiro atoms. The summed E-state index contributed by atoms with van der Waals surface area (Å²) in [4.78, 5) is 4.12. The van der Waals surface area contributed by atoms with Gasteiger partial charge in [-0.2, -0.15) is 5.10 Å². The molecular weight excluding hydrogens is 402 g/mol. The second-order valence-electron chi connectivity index (χ2n) is 7.17. The molecule has 0 saturated heterocycles. The lowest BCUT2D eigenvalue weighted by Gasteiger charge is -2.38. The van der Waals surface area contributed by atoms with Crippen molar-refractivity contribution >= 4 is 17.3 Å². The Morgan fingerprint density at radius 2 is 2.03 bits per heavy atom. The maximum absolute atomic E-state index is 10.4. The van der Waals surface area contributed by atoms with E-state index in [2.05, 4.69) is 4.98 Å². The molecule has 0 amide bonds. The van der Waals surface area contributed by atoms with Gasteiger partial charge in [-0.05, 0) is 43.3 Å². The maximum Gasteiger partial charge on any atom is 0.214 e. The van der Waals surface area contributed by atoms with Crippen LogP contribution >= 0.6 is 11.6 Å². The lowest BCUT2D eigenvalue weighted by atomic mass is 9.95. The minimum atomic E-state index is -0.439. The fourth-order valence-corrected chi connectivity index (χ4v) is 4.18. The minimum Gasteiger partial charge on any atom is -0.507 e. The predicted molar refractivity (Wildman–Crippen MR) is 114 cm³/mol. The number of rotatable bonds is 4. The van der Waals surface area contributed by atoms with Gasteiger partial charge in [-0.15, -0.1) is 0 Å². The number of benzene rings is 2. The van der Waals surface area contributed by atoms with Crippen LogP contribution < -0.4 is 9.47 Å². The Bertz CT molecular complexity index is 1120. The molecule has 0 radical (unpaired) electrons. The van der Waals surface area contributed by atoms with Crippen molar-refractivity contribution in [3.8, 4) is 17.2 Å². The number of aromatic hydroxyl groups is 1. The van der Waals surface area contributed by atoms with Crippen LogP contribution in [0.4, 0.5) is 0 Å². The first-order valence-electron chi connectivity index (χ1n) is 9.82. The van der Waals surface area contributed by atoms with Crippen LogP contribution in [-0.2, 0) is 0 Å². The highest BCUT2D eigenvalue weighted by Crippen LogP contribution is 2.51. The van der Waals surface area contributed by atoms with Gasteiger partial charge in [-0.25, -0.2) is 5.01 Å². The van der Waals surface area contributed by atoms with Gasteiger partial charge in [0, 0.05) is 40.5 Å². The fraction of sp³-hybridized carbons (Fsp3) is 0.217. The second kappa shape index (κ2) is 7.54. The van der Waals surface area contributed by atoms with Crippen LogP contribution in [-0.4, -0.2) is 27.4 Å². The Labute approximate surface area is 179 Å². The Hall–Kier alpha value is -3.25. The molecule has 0 bridgehead atoms. The molecule has 1 aromatic heterocycles. The molecule has 3 aromatic rings. The Morgan fingerprint density at radius 3 is 2.83 bits per heavy atom. The van der Waals surface area contributed by atoms with Gasteiger partial charge in [0.15, 0.2) is 11.5 Å². The number of pyridine rings is 1. The van der Waals surface area contributed by atoms with E-state index in [1.54, 1.807) is 30.6 Å².